The highest BCUT2D eigenvalue weighted by Crippen LogP contribution is 2.35. The number of aldehydes is 1. The van der Waals surface area contributed by atoms with Gasteiger partial charge in [0.1, 0.15) is 5.00 Å². The molecule has 0 unspecified atom stereocenters. The van der Waals surface area contributed by atoms with Gasteiger partial charge in [-0.05, 0) is 36.9 Å². The molecule has 0 aliphatic carbocycles. The Labute approximate surface area is 165 Å². The number of hydrogen-bond donors (Lipinski definition) is 1. The summed E-state index contributed by atoms with van der Waals surface area (Å²) >= 11 is 2.83. The van der Waals surface area contributed by atoms with Gasteiger partial charge in [0.2, 0.25) is 0 Å². The number of aryl methyl sites for hydroxylation is 2. The number of hydrogen-bond acceptors (Lipinski definition) is 4. The first-order valence-corrected chi connectivity index (χ1v) is 10.2. The van der Waals surface area contributed by atoms with Crippen LogP contribution in [0.25, 0.3) is 21.2 Å². The lowest BCUT2D eigenvalue weighted by atomic mass is 10.0. The van der Waals surface area contributed by atoms with Crippen LogP contribution in [0.4, 0.5) is 5.00 Å². The maximum atomic E-state index is 12.7. The predicted octanol–water partition coefficient (Wildman–Crippen LogP) is 6.31. The van der Waals surface area contributed by atoms with Crippen molar-refractivity contribution >= 4 is 50.0 Å². The first kappa shape index (κ1) is 17.6. The summed E-state index contributed by atoms with van der Waals surface area (Å²) in [5.74, 6) is -0.186. The third kappa shape index (κ3) is 3.44. The Bertz CT molecular complexity index is 1150. The Balaban J connectivity index is 1.64. The molecule has 0 atom stereocenters. The Morgan fingerprint density at radius 3 is 2.48 bits per heavy atom. The van der Waals surface area contributed by atoms with Crippen molar-refractivity contribution in [2.75, 3.05) is 5.32 Å². The molecule has 27 heavy (non-hydrogen) atoms. The first-order chi connectivity index (χ1) is 13.0. The van der Waals surface area contributed by atoms with Gasteiger partial charge in [-0.1, -0.05) is 47.5 Å². The number of carbonyl (C=O) groups is 2. The van der Waals surface area contributed by atoms with E-state index in [9.17, 15) is 9.59 Å². The van der Waals surface area contributed by atoms with Crippen molar-refractivity contribution in [2.24, 2.45) is 0 Å². The molecule has 4 aromatic rings. The summed E-state index contributed by atoms with van der Waals surface area (Å²) in [6, 6.07) is 16.0. The predicted molar refractivity (Wildman–Crippen MR) is 114 cm³/mol. The molecule has 0 aliphatic rings. The molecule has 0 saturated heterocycles. The highest BCUT2D eigenvalue weighted by molar-refractivity contribution is 7.21. The summed E-state index contributed by atoms with van der Waals surface area (Å²) < 4.78 is 1.08. The summed E-state index contributed by atoms with van der Waals surface area (Å²) in [6.45, 7) is 4.06. The maximum absolute atomic E-state index is 12.7. The van der Waals surface area contributed by atoms with Crippen molar-refractivity contribution < 1.29 is 9.59 Å². The topological polar surface area (TPSA) is 46.2 Å². The van der Waals surface area contributed by atoms with E-state index < -0.39 is 0 Å². The van der Waals surface area contributed by atoms with Crippen LogP contribution in [0.5, 0.6) is 0 Å². The molecule has 2 heterocycles. The summed E-state index contributed by atoms with van der Waals surface area (Å²) in [6.07, 6.45) is 0.815. The number of thiophene rings is 2. The van der Waals surface area contributed by atoms with Gasteiger partial charge in [-0.2, -0.15) is 0 Å². The van der Waals surface area contributed by atoms with E-state index in [1.54, 1.807) is 0 Å². The second-order valence-electron chi connectivity index (χ2n) is 6.48. The molecule has 2 aromatic carbocycles. The van der Waals surface area contributed by atoms with Crippen molar-refractivity contribution in [3.8, 4) is 11.1 Å². The van der Waals surface area contributed by atoms with E-state index in [2.05, 4.69) is 11.4 Å². The van der Waals surface area contributed by atoms with E-state index in [1.165, 1.54) is 22.7 Å². The number of anilines is 1. The minimum absolute atomic E-state index is 0.186. The molecule has 1 N–H and O–H groups in total. The molecule has 0 fully saturated rings. The number of carbonyl (C=O) groups excluding carboxylic acids is 2. The second kappa shape index (κ2) is 7.10. The zero-order chi connectivity index (χ0) is 19.0. The van der Waals surface area contributed by atoms with Crippen molar-refractivity contribution in [3.05, 3.63) is 75.5 Å². The lowest BCUT2D eigenvalue weighted by Gasteiger charge is -2.04. The number of fused-ring (bicyclic) bond motifs is 1. The van der Waals surface area contributed by atoms with E-state index >= 15 is 0 Å². The van der Waals surface area contributed by atoms with Crippen molar-refractivity contribution in [1.82, 2.24) is 0 Å². The van der Waals surface area contributed by atoms with Crippen LogP contribution in [0.15, 0.2) is 53.9 Å². The van der Waals surface area contributed by atoms with Gasteiger partial charge >= 0.3 is 0 Å². The van der Waals surface area contributed by atoms with Crippen molar-refractivity contribution in [2.45, 2.75) is 13.8 Å². The van der Waals surface area contributed by atoms with E-state index in [-0.39, 0.29) is 5.91 Å². The minimum Gasteiger partial charge on any atom is -0.312 e. The van der Waals surface area contributed by atoms with Crippen LogP contribution in [0.3, 0.4) is 0 Å². The normalized spacial score (nSPS) is 10.9. The fourth-order valence-electron chi connectivity index (χ4n) is 2.98. The van der Waals surface area contributed by atoms with Crippen LogP contribution < -0.4 is 5.32 Å². The molecule has 0 aliphatic heterocycles. The highest BCUT2D eigenvalue weighted by Gasteiger charge is 2.17. The average Bonchev–Trinajstić information content (AvgIpc) is 3.25. The molecule has 2 aromatic heterocycles. The Hall–Kier alpha value is -2.76. The molecule has 5 heteroatoms. The Morgan fingerprint density at radius 1 is 1.00 bits per heavy atom. The second-order valence-corrected chi connectivity index (χ2v) is 8.45. The summed E-state index contributed by atoms with van der Waals surface area (Å²) in [7, 11) is 0. The van der Waals surface area contributed by atoms with Gasteiger partial charge in [0.25, 0.3) is 5.91 Å². The van der Waals surface area contributed by atoms with Crippen LogP contribution in [-0.2, 0) is 0 Å². The van der Waals surface area contributed by atoms with Crippen LogP contribution >= 0.6 is 22.7 Å². The lowest BCUT2D eigenvalue weighted by molar-refractivity contribution is 0.103. The molecule has 0 bridgehead atoms. The van der Waals surface area contributed by atoms with Gasteiger partial charge < -0.3 is 5.32 Å². The van der Waals surface area contributed by atoms with E-state index in [1.807, 2.05) is 61.7 Å². The van der Waals surface area contributed by atoms with Gasteiger partial charge in [-0.15, -0.1) is 22.7 Å². The van der Waals surface area contributed by atoms with Crippen molar-refractivity contribution in [1.29, 1.82) is 0 Å². The fraction of sp³-hybridized carbons (Fsp3) is 0.0909. The van der Waals surface area contributed by atoms with Crippen LogP contribution in [-0.4, -0.2) is 12.2 Å². The minimum atomic E-state index is -0.186. The monoisotopic (exact) mass is 391 g/mol. The lowest BCUT2D eigenvalue weighted by Crippen LogP contribution is -2.10. The van der Waals surface area contributed by atoms with E-state index in [4.69, 9.17) is 0 Å². The zero-order valence-electron chi connectivity index (χ0n) is 14.9. The largest absolute Gasteiger partial charge is 0.312 e. The van der Waals surface area contributed by atoms with Gasteiger partial charge in [0, 0.05) is 15.6 Å². The number of amides is 1. The molecule has 4 rings (SSSR count). The summed E-state index contributed by atoms with van der Waals surface area (Å²) in [5.41, 5.74) is 4.66. The van der Waals surface area contributed by atoms with E-state index in [0.717, 1.165) is 38.6 Å². The third-order valence-electron chi connectivity index (χ3n) is 4.43. The van der Waals surface area contributed by atoms with E-state index in [0.29, 0.717) is 15.4 Å². The molecule has 3 nitrogen and oxygen atoms in total. The molecule has 0 saturated carbocycles. The molecule has 0 spiro atoms. The Kier molecular flexibility index (Phi) is 4.64. The van der Waals surface area contributed by atoms with Gasteiger partial charge in [0.15, 0.2) is 6.29 Å². The van der Waals surface area contributed by atoms with Crippen LogP contribution in [0, 0.1) is 13.8 Å². The quantitative estimate of drug-likeness (QED) is 0.414. The maximum Gasteiger partial charge on any atom is 0.266 e. The smallest absolute Gasteiger partial charge is 0.266 e. The van der Waals surface area contributed by atoms with Gasteiger partial charge in [-0.3, -0.25) is 9.59 Å². The fourth-order valence-corrected chi connectivity index (χ4v) is 4.85. The third-order valence-corrected chi connectivity index (χ3v) is 6.46. The molecular weight excluding hydrogens is 374 g/mol. The highest BCUT2D eigenvalue weighted by atomic mass is 32.1. The molecule has 0 radical (unpaired) electrons. The summed E-state index contributed by atoms with van der Waals surface area (Å²) in [4.78, 5) is 25.1. The SMILES string of the molecule is Cc1ccc(-c2csc(NC(=O)c3cc4cc(C)ccc4s3)c2C=O)cc1. The standard InChI is InChI=1S/C22H17NO2S2/c1-13-3-6-15(7-4-13)18-12-26-22(17(18)11-24)23-21(25)20-10-16-9-14(2)5-8-19(16)27-20/h3-12H,1-2H3,(H,23,25). The Morgan fingerprint density at radius 2 is 1.74 bits per heavy atom. The first-order valence-electron chi connectivity index (χ1n) is 8.50. The number of benzene rings is 2. The molecule has 134 valence electrons. The van der Waals surface area contributed by atoms with Gasteiger partial charge in [-0.25, -0.2) is 0 Å². The van der Waals surface area contributed by atoms with Crippen molar-refractivity contribution in [3.63, 3.8) is 0 Å². The zero-order valence-corrected chi connectivity index (χ0v) is 16.5. The van der Waals surface area contributed by atoms with Gasteiger partial charge in [0.05, 0.1) is 10.4 Å². The van der Waals surface area contributed by atoms with Crippen LogP contribution in [0.2, 0.25) is 0 Å². The average molecular weight is 392 g/mol. The van der Waals surface area contributed by atoms with Crippen LogP contribution in [0.1, 0.15) is 31.2 Å². The summed E-state index contributed by atoms with van der Waals surface area (Å²) in [5, 5.41) is 6.47. The number of nitrogens with one attached hydrogen (secondary N) is 1. The molecule has 1 amide bonds. The number of rotatable bonds is 4. The molecular formula is C22H17NO2S2.